The van der Waals surface area contributed by atoms with E-state index in [1.165, 1.54) is 30.3 Å². The molecule has 0 aliphatic rings. The van der Waals surface area contributed by atoms with Crippen molar-refractivity contribution in [3.8, 4) is 23.0 Å². The Morgan fingerprint density at radius 1 is 1.08 bits per heavy atom. The Hall–Kier alpha value is -3.54. The van der Waals surface area contributed by atoms with E-state index in [9.17, 15) is 18.3 Å². The topological polar surface area (TPSA) is 121 Å². The van der Waals surface area contributed by atoms with E-state index in [4.69, 9.17) is 14.5 Å². The lowest BCUT2D eigenvalue weighted by molar-refractivity contribution is 0.0694. The Balaban J connectivity index is 1.76. The second kappa shape index (κ2) is 11.1. The van der Waals surface area contributed by atoms with Crippen LogP contribution in [-0.2, 0) is 21.3 Å². The summed E-state index contributed by atoms with van der Waals surface area (Å²) in [5.74, 6) is -0.227. The van der Waals surface area contributed by atoms with Gasteiger partial charge < -0.3 is 14.6 Å². The number of imidazole rings is 1. The van der Waals surface area contributed by atoms with Crippen molar-refractivity contribution in [2.45, 2.75) is 44.2 Å². The molecular formula is C27H31N3O6SSi. The number of sulfone groups is 1. The van der Waals surface area contributed by atoms with Gasteiger partial charge in [0.15, 0.2) is 15.7 Å². The molecule has 0 unspecified atom stereocenters. The number of aromatic nitrogens is 3. The zero-order valence-electron chi connectivity index (χ0n) is 21.8. The van der Waals surface area contributed by atoms with Crippen LogP contribution in [0, 0.1) is 0 Å². The molecule has 2 heterocycles. The Kier molecular flexibility index (Phi) is 8.00. The van der Waals surface area contributed by atoms with E-state index in [1.54, 1.807) is 19.2 Å². The van der Waals surface area contributed by atoms with E-state index in [2.05, 4.69) is 24.6 Å². The van der Waals surface area contributed by atoms with E-state index in [-0.39, 0.29) is 28.7 Å². The first-order chi connectivity index (χ1) is 18.0. The minimum Gasteiger partial charge on any atom is -0.478 e. The summed E-state index contributed by atoms with van der Waals surface area (Å²) in [6.45, 7) is 9.23. The van der Waals surface area contributed by atoms with Gasteiger partial charge >= 0.3 is 5.97 Å². The zero-order chi connectivity index (χ0) is 27.5. The second-order valence-corrected chi connectivity index (χ2v) is 17.9. The van der Waals surface area contributed by atoms with Crippen molar-refractivity contribution >= 4 is 34.9 Å². The molecule has 0 saturated heterocycles. The number of pyridine rings is 1. The Morgan fingerprint density at radius 2 is 1.82 bits per heavy atom. The number of aromatic carboxylic acids is 1. The van der Waals surface area contributed by atoms with Gasteiger partial charge in [-0.3, -0.25) is 9.55 Å². The summed E-state index contributed by atoms with van der Waals surface area (Å²) in [4.78, 5) is 21.4. The highest BCUT2D eigenvalue weighted by Gasteiger charge is 2.21. The molecule has 1 N–H and O–H groups in total. The largest absolute Gasteiger partial charge is 0.478 e. The number of carboxylic acids is 1. The van der Waals surface area contributed by atoms with Crippen LogP contribution in [0.5, 0.6) is 11.5 Å². The minimum atomic E-state index is -3.37. The van der Waals surface area contributed by atoms with Crippen molar-refractivity contribution in [3.63, 3.8) is 0 Å². The molecule has 0 spiro atoms. The Morgan fingerprint density at radius 3 is 2.42 bits per heavy atom. The molecule has 0 radical (unpaired) electrons. The number of rotatable bonds is 11. The summed E-state index contributed by atoms with van der Waals surface area (Å²) in [5, 5.41) is 9.90. The maximum Gasteiger partial charge on any atom is 0.339 e. The van der Waals surface area contributed by atoms with Crippen LogP contribution in [0.3, 0.4) is 0 Å². The minimum absolute atomic E-state index is 0.0182. The van der Waals surface area contributed by atoms with Crippen LogP contribution in [0.2, 0.25) is 25.7 Å². The number of ether oxygens (including phenoxy) is 2. The molecule has 2 aromatic heterocycles. The van der Waals surface area contributed by atoms with E-state index in [0.29, 0.717) is 34.9 Å². The number of carboxylic acid groups (broad SMARTS) is 1. The average molecular weight is 554 g/mol. The van der Waals surface area contributed by atoms with Crippen LogP contribution in [0.1, 0.15) is 17.3 Å². The molecule has 0 aliphatic carbocycles. The summed E-state index contributed by atoms with van der Waals surface area (Å²) in [6, 6.07) is 15.5. The van der Waals surface area contributed by atoms with Crippen molar-refractivity contribution in [3.05, 3.63) is 66.4 Å². The number of hydrogen-bond acceptors (Lipinski definition) is 7. The highest BCUT2D eigenvalue weighted by molar-refractivity contribution is 7.91. The van der Waals surface area contributed by atoms with Crippen LogP contribution >= 0.6 is 0 Å². The number of nitrogens with zero attached hydrogens (tertiary/aromatic N) is 3. The van der Waals surface area contributed by atoms with Crippen LogP contribution in [0.25, 0.3) is 22.6 Å². The van der Waals surface area contributed by atoms with E-state index >= 15 is 0 Å². The normalized spacial score (nSPS) is 12.1. The van der Waals surface area contributed by atoms with Gasteiger partial charge in [-0.2, -0.15) is 0 Å². The molecule has 11 heteroatoms. The van der Waals surface area contributed by atoms with Crippen molar-refractivity contribution in [1.29, 1.82) is 0 Å². The quantitative estimate of drug-likeness (QED) is 0.186. The molecule has 0 saturated carbocycles. The molecule has 200 valence electrons. The van der Waals surface area contributed by atoms with Gasteiger partial charge in [-0.05, 0) is 48.5 Å². The van der Waals surface area contributed by atoms with Gasteiger partial charge in [0.2, 0.25) is 0 Å². The predicted molar refractivity (Wildman–Crippen MR) is 148 cm³/mol. The van der Waals surface area contributed by atoms with Gasteiger partial charge in [0.25, 0.3) is 0 Å². The summed E-state index contributed by atoms with van der Waals surface area (Å²) < 4.78 is 38.1. The lowest BCUT2D eigenvalue weighted by atomic mass is 10.1. The fourth-order valence-electron chi connectivity index (χ4n) is 3.77. The first-order valence-corrected chi connectivity index (χ1v) is 17.6. The van der Waals surface area contributed by atoms with Crippen molar-refractivity contribution in [2.24, 2.45) is 0 Å². The van der Waals surface area contributed by atoms with Gasteiger partial charge in [-0.25, -0.2) is 18.2 Å². The highest BCUT2D eigenvalue weighted by Crippen LogP contribution is 2.33. The van der Waals surface area contributed by atoms with Gasteiger partial charge in [0, 0.05) is 26.9 Å². The van der Waals surface area contributed by atoms with Gasteiger partial charge in [-0.1, -0.05) is 32.6 Å². The first-order valence-electron chi connectivity index (χ1n) is 12.3. The number of hydrogen-bond donors (Lipinski definition) is 1. The highest BCUT2D eigenvalue weighted by atomic mass is 32.2. The van der Waals surface area contributed by atoms with Crippen molar-refractivity contribution in [1.82, 2.24) is 14.5 Å². The predicted octanol–water partition coefficient (Wildman–Crippen LogP) is 5.69. The van der Waals surface area contributed by atoms with Crippen LogP contribution in [-0.4, -0.2) is 54.5 Å². The van der Waals surface area contributed by atoms with Gasteiger partial charge in [-0.15, -0.1) is 0 Å². The fraction of sp³-hybridized carbons (Fsp3) is 0.296. The van der Waals surface area contributed by atoms with Gasteiger partial charge in [0.05, 0.1) is 21.7 Å². The maximum absolute atomic E-state index is 12.1. The molecule has 9 nitrogen and oxygen atoms in total. The lowest BCUT2D eigenvalue weighted by Gasteiger charge is -2.16. The molecule has 0 aliphatic heterocycles. The van der Waals surface area contributed by atoms with Crippen LogP contribution in [0.15, 0.2) is 65.7 Å². The van der Waals surface area contributed by atoms with Crippen molar-refractivity contribution < 1.29 is 27.8 Å². The summed E-state index contributed by atoms with van der Waals surface area (Å²) in [5.41, 5.74) is 1.65. The molecule has 38 heavy (non-hydrogen) atoms. The van der Waals surface area contributed by atoms with E-state index in [0.717, 1.165) is 6.04 Å². The molecule has 2 aromatic carbocycles. The third-order valence-electron chi connectivity index (χ3n) is 5.98. The Labute approximate surface area is 223 Å². The lowest BCUT2D eigenvalue weighted by Crippen LogP contribution is -2.22. The third-order valence-corrected chi connectivity index (χ3v) is 9.44. The molecule has 4 rings (SSSR count). The maximum atomic E-state index is 12.1. The summed E-state index contributed by atoms with van der Waals surface area (Å²) in [7, 11) is -4.65. The Bertz CT molecular complexity index is 1550. The molecule has 0 amide bonds. The average Bonchev–Trinajstić information content (AvgIpc) is 3.23. The number of carbonyl (C=O) groups is 1. The molecule has 0 atom stereocenters. The van der Waals surface area contributed by atoms with Crippen LogP contribution in [0.4, 0.5) is 0 Å². The molecular weight excluding hydrogens is 522 g/mol. The monoisotopic (exact) mass is 553 g/mol. The number of benzene rings is 2. The van der Waals surface area contributed by atoms with Crippen molar-refractivity contribution in [2.75, 3.05) is 12.4 Å². The molecule has 0 bridgehead atoms. The van der Waals surface area contributed by atoms with E-state index < -0.39 is 23.9 Å². The summed E-state index contributed by atoms with van der Waals surface area (Å²) >= 11 is 0. The molecule has 4 aromatic rings. The van der Waals surface area contributed by atoms with Gasteiger partial charge in [0.1, 0.15) is 29.5 Å². The molecule has 0 fully saturated rings. The third kappa shape index (κ3) is 6.29. The fourth-order valence-corrected chi connectivity index (χ4v) is 5.41. The van der Waals surface area contributed by atoms with E-state index in [1.807, 2.05) is 22.8 Å². The smallest absolute Gasteiger partial charge is 0.339 e. The standard InChI is InChI=1S/C27H31N3O6SSi/c1-5-37(33,34)20-11-9-19(10-12-20)36-25-17-24-23(16-21(25)27(31)32)29-26(22-8-6-7-13-28-22)30(24)18-35-14-15-38(2,3)4/h6-13,16-17H,5,14-15,18H2,1-4H3,(H,31,32). The zero-order valence-corrected chi connectivity index (χ0v) is 23.7. The summed E-state index contributed by atoms with van der Waals surface area (Å²) in [6.07, 6.45) is 1.67. The second-order valence-electron chi connectivity index (χ2n) is 10.0. The van der Waals surface area contributed by atoms with Crippen LogP contribution < -0.4 is 4.74 Å². The first kappa shape index (κ1) is 27.5. The number of fused-ring (bicyclic) bond motifs is 1. The SMILES string of the molecule is CCS(=O)(=O)c1ccc(Oc2cc3c(cc2C(=O)O)nc(-c2ccccn2)n3COCC[Si](C)(C)C)cc1.